The van der Waals surface area contributed by atoms with Crippen molar-refractivity contribution >= 4 is 43.5 Å². The lowest BCUT2D eigenvalue weighted by atomic mass is 10.1. The summed E-state index contributed by atoms with van der Waals surface area (Å²) in [5, 5.41) is 2.89. The van der Waals surface area contributed by atoms with Crippen molar-refractivity contribution < 1.29 is 18.0 Å². The fourth-order valence-electron chi connectivity index (χ4n) is 4.01. The summed E-state index contributed by atoms with van der Waals surface area (Å²) in [6.07, 6.45) is 1.76. The molecule has 0 heterocycles. The van der Waals surface area contributed by atoms with E-state index in [0.29, 0.717) is 16.7 Å². The first-order valence-electron chi connectivity index (χ1n) is 12.6. The van der Waals surface area contributed by atoms with Crippen LogP contribution in [-0.2, 0) is 26.2 Å². The number of rotatable bonds is 12. The molecule has 0 bridgehead atoms. The number of aryl methyl sites for hydroxylation is 1. The molecule has 1 N–H and O–H groups in total. The van der Waals surface area contributed by atoms with Gasteiger partial charge in [-0.3, -0.25) is 13.9 Å². The summed E-state index contributed by atoms with van der Waals surface area (Å²) in [6.45, 7) is 5.88. The van der Waals surface area contributed by atoms with Gasteiger partial charge < -0.3 is 10.2 Å². The second-order valence-corrected chi connectivity index (χ2v) is 11.9. The number of unbranched alkanes of at least 4 members (excludes halogenated alkanes) is 1. The van der Waals surface area contributed by atoms with Gasteiger partial charge in [0.1, 0.15) is 12.6 Å². The minimum absolute atomic E-state index is 0.0726. The monoisotopic (exact) mass is 599 g/mol. The van der Waals surface area contributed by atoms with Gasteiger partial charge in [-0.1, -0.05) is 83.4 Å². The van der Waals surface area contributed by atoms with Gasteiger partial charge in [-0.15, -0.1) is 0 Å². The molecule has 0 fully saturated rings. The summed E-state index contributed by atoms with van der Waals surface area (Å²) in [5.74, 6) is -0.761. The van der Waals surface area contributed by atoms with Crippen LogP contribution in [0.4, 0.5) is 5.69 Å². The molecule has 3 aromatic rings. The molecule has 0 radical (unpaired) electrons. The molecule has 7 nitrogen and oxygen atoms in total. The summed E-state index contributed by atoms with van der Waals surface area (Å²) in [7, 11) is -4.08. The van der Waals surface area contributed by atoms with Crippen LogP contribution in [0.15, 0.2) is 88.2 Å². The molecule has 0 spiro atoms. The number of anilines is 1. The number of amides is 2. The Kier molecular flexibility index (Phi) is 10.5. The maximum atomic E-state index is 13.9. The Morgan fingerprint density at radius 2 is 1.68 bits per heavy atom. The van der Waals surface area contributed by atoms with Crippen LogP contribution in [0.25, 0.3) is 0 Å². The topological polar surface area (TPSA) is 86.8 Å². The van der Waals surface area contributed by atoms with E-state index < -0.39 is 28.5 Å². The fraction of sp³-hybridized carbons (Fsp3) is 0.310. The Bertz CT molecular complexity index is 1350. The lowest BCUT2D eigenvalue weighted by Gasteiger charge is -2.32. The minimum atomic E-state index is -4.08. The number of nitrogens with zero attached hydrogens (tertiary/aromatic N) is 2. The predicted octanol–water partition coefficient (Wildman–Crippen LogP) is 5.29. The standard InChI is InChI=1S/C29H34BrN3O4S/c1-4-5-17-31-29(35)23(3)32(20-24-12-9-11-22(2)18-24)28(34)21-33(26-14-10-13-25(30)19-26)38(36,37)27-15-7-6-8-16-27/h6-16,18-19,23H,4-5,17,20-21H2,1-3H3,(H,31,35)/t23-/m1/s1. The molecule has 202 valence electrons. The molecule has 0 aliphatic rings. The quantitative estimate of drug-likeness (QED) is 0.287. The molecule has 2 amide bonds. The zero-order chi connectivity index (χ0) is 27.7. The normalized spacial score (nSPS) is 12.0. The lowest BCUT2D eigenvalue weighted by molar-refractivity contribution is -0.139. The van der Waals surface area contributed by atoms with E-state index in [4.69, 9.17) is 0 Å². The zero-order valence-electron chi connectivity index (χ0n) is 21.9. The van der Waals surface area contributed by atoms with E-state index in [0.717, 1.165) is 28.3 Å². The molecule has 0 aliphatic heterocycles. The van der Waals surface area contributed by atoms with Gasteiger partial charge in [0.2, 0.25) is 11.8 Å². The smallest absolute Gasteiger partial charge is 0.264 e. The van der Waals surface area contributed by atoms with Gasteiger partial charge in [0, 0.05) is 17.6 Å². The zero-order valence-corrected chi connectivity index (χ0v) is 24.3. The number of nitrogens with one attached hydrogen (secondary N) is 1. The highest BCUT2D eigenvalue weighted by atomic mass is 79.9. The fourth-order valence-corrected chi connectivity index (χ4v) is 5.82. The van der Waals surface area contributed by atoms with Crippen LogP contribution in [0.5, 0.6) is 0 Å². The van der Waals surface area contributed by atoms with Crippen LogP contribution in [0.3, 0.4) is 0 Å². The molecule has 3 rings (SSSR count). The lowest BCUT2D eigenvalue weighted by Crippen LogP contribution is -2.51. The van der Waals surface area contributed by atoms with Crippen LogP contribution in [0, 0.1) is 6.92 Å². The number of sulfonamides is 1. The van der Waals surface area contributed by atoms with Crippen molar-refractivity contribution in [2.45, 2.75) is 51.1 Å². The van der Waals surface area contributed by atoms with Crippen molar-refractivity contribution in [1.29, 1.82) is 0 Å². The van der Waals surface area contributed by atoms with Gasteiger partial charge in [0.25, 0.3) is 10.0 Å². The Morgan fingerprint density at radius 3 is 2.34 bits per heavy atom. The third kappa shape index (κ3) is 7.68. The van der Waals surface area contributed by atoms with Crippen molar-refractivity contribution in [3.8, 4) is 0 Å². The second-order valence-electron chi connectivity index (χ2n) is 9.14. The van der Waals surface area contributed by atoms with E-state index in [1.165, 1.54) is 17.0 Å². The molecular weight excluding hydrogens is 566 g/mol. The summed E-state index contributed by atoms with van der Waals surface area (Å²) in [6, 6.07) is 21.7. The first-order chi connectivity index (χ1) is 18.1. The summed E-state index contributed by atoms with van der Waals surface area (Å²) in [5.41, 5.74) is 2.22. The maximum Gasteiger partial charge on any atom is 0.264 e. The predicted molar refractivity (Wildman–Crippen MR) is 154 cm³/mol. The first kappa shape index (κ1) is 29.4. The molecule has 0 aromatic heterocycles. The summed E-state index contributed by atoms with van der Waals surface area (Å²) < 4.78 is 29.3. The molecule has 0 saturated heterocycles. The Balaban J connectivity index is 1.99. The largest absolute Gasteiger partial charge is 0.354 e. The van der Waals surface area contributed by atoms with Crippen molar-refractivity contribution in [3.05, 3.63) is 94.5 Å². The van der Waals surface area contributed by atoms with Crippen molar-refractivity contribution in [2.75, 3.05) is 17.4 Å². The average molecular weight is 601 g/mol. The van der Waals surface area contributed by atoms with Gasteiger partial charge in [0.15, 0.2) is 0 Å². The van der Waals surface area contributed by atoms with Crippen LogP contribution >= 0.6 is 15.9 Å². The maximum absolute atomic E-state index is 13.9. The SMILES string of the molecule is CCCCNC(=O)[C@@H](C)N(Cc1cccc(C)c1)C(=O)CN(c1cccc(Br)c1)S(=O)(=O)c1ccccc1. The van der Waals surface area contributed by atoms with E-state index in [2.05, 4.69) is 21.2 Å². The third-order valence-corrected chi connectivity index (χ3v) is 8.42. The molecular formula is C29H34BrN3O4S. The Morgan fingerprint density at radius 1 is 0.974 bits per heavy atom. The van der Waals surface area contributed by atoms with E-state index in [9.17, 15) is 18.0 Å². The van der Waals surface area contributed by atoms with Crippen molar-refractivity contribution in [3.63, 3.8) is 0 Å². The Labute approximate surface area is 234 Å². The van der Waals surface area contributed by atoms with Crippen LogP contribution in [0.2, 0.25) is 0 Å². The number of benzene rings is 3. The van der Waals surface area contributed by atoms with E-state index >= 15 is 0 Å². The molecule has 3 aromatic carbocycles. The molecule has 38 heavy (non-hydrogen) atoms. The molecule has 0 unspecified atom stereocenters. The van der Waals surface area contributed by atoms with Crippen LogP contribution in [-0.4, -0.2) is 44.3 Å². The van der Waals surface area contributed by atoms with E-state index in [1.807, 2.05) is 38.1 Å². The molecule has 9 heteroatoms. The Hall–Kier alpha value is -3.17. The summed E-state index contributed by atoms with van der Waals surface area (Å²) >= 11 is 3.40. The van der Waals surface area contributed by atoms with Gasteiger partial charge in [-0.05, 0) is 56.2 Å². The number of carbonyl (C=O) groups is 2. The number of hydrogen-bond donors (Lipinski definition) is 1. The van der Waals surface area contributed by atoms with Gasteiger partial charge in [0.05, 0.1) is 10.6 Å². The number of hydrogen-bond acceptors (Lipinski definition) is 4. The van der Waals surface area contributed by atoms with Gasteiger partial charge in [-0.25, -0.2) is 8.42 Å². The molecule has 0 saturated carbocycles. The highest BCUT2D eigenvalue weighted by Gasteiger charge is 2.32. The van der Waals surface area contributed by atoms with E-state index in [-0.39, 0.29) is 17.3 Å². The minimum Gasteiger partial charge on any atom is -0.354 e. The number of halogens is 1. The van der Waals surface area contributed by atoms with Gasteiger partial charge >= 0.3 is 0 Å². The van der Waals surface area contributed by atoms with Crippen molar-refractivity contribution in [2.24, 2.45) is 0 Å². The van der Waals surface area contributed by atoms with Crippen LogP contribution < -0.4 is 9.62 Å². The highest BCUT2D eigenvalue weighted by Crippen LogP contribution is 2.27. The second kappa shape index (κ2) is 13.6. The first-order valence-corrected chi connectivity index (χ1v) is 14.8. The summed E-state index contributed by atoms with van der Waals surface area (Å²) in [4.78, 5) is 28.4. The highest BCUT2D eigenvalue weighted by molar-refractivity contribution is 9.10. The average Bonchev–Trinajstić information content (AvgIpc) is 2.90. The number of carbonyl (C=O) groups excluding carboxylic acids is 2. The molecule has 0 aliphatic carbocycles. The third-order valence-electron chi connectivity index (χ3n) is 6.14. The van der Waals surface area contributed by atoms with Crippen LogP contribution in [0.1, 0.15) is 37.8 Å². The van der Waals surface area contributed by atoms with E-state index in [1.54, 1.807) is 49.4 Å². The molecule has 1 atom stereocenters. The van der Waals surface area contributed by atoms with Crippen molar-refractivity contribution in [1.82, 2.24) is 10.2 Å². The van der Waals surface area contributed by atoms with Gasteiger partial charge in [-0.2, -0.15) is 0 Å².